The number of amides is 1. The molecule has 1 saturated heterocycles. The highest BCUT2D eigenvalue weighted by atomic mass is 79.9. The molecule has 0 unspecified atom stereocenters. The molecule has 1 amide bonds. The highest BCUT2D eigenvalue weighted by molar-refractivity contribution is 9.10. The van der Waals surface area contributed by atoms with E-state index in [1.54, 1.807) is 17.0 Å². The van der Waals surface area contributed by atoms with E-state index in [1.165, 1.54) is 11.8 Å². The van der Waals surface area contributed by atoms with E-state index in [0.29, 0.717) is 52.8 Å². The average molecular weight is 558 g/mol. The van der Waals surface area contributed by atoms with Gasteiger partial charge in [0, 0.05) is 17.6 Å². The largest absolute Gasteiger partial charge is 0.490 e. The van der Waals surface area contributed by atoms with Gasteiger partial charge in [-0.15, -0.1) is 0 Å². The number of amidine groups is 1. The normalized spacial score (nSPS) is 16.3. The molecule has 0 aliphatic carbocycles. The van der Waals surface area contributed by atoms with E-state index < -0.39 is 0 Å². The highest BCUT2D eigenvalue weighted by Gasteiger charge is 2.32. The molecule has 3 rings (SSSR count). The highest BCUT2D eigenvalue weighted by Crippen LogP contribution is 2.38. The molecule has 9 heteroatoms. The van der Waals surface area contributed by atoms with Gasteiger partial charge in [0.15, 0.2) is 16.7 Å². The zero-order chi connectivity index (χ0) is 23.3. The lowest BCUT2D eigenvalue weighted by molar-refractivity contribution is -0.122. The van der Waals surface area contributed by atoms with Crippen molar-refractivity contribution in [2.45, 2.75) is 27.4 Å². The first-order chi connectivity index (χ1) is 15.4. The van der Waals surface area contributed by atoms with Crippen LogP contribution in [0.2, 0.25) is 10.0 Å². The van der Waals surface area contributed by atoms with E-state index in [-0.39, 0.29) is 5.91 Å². The first-order valence-electron chi connectivity index (χ1n) is 10.2. The van der Waals surface area contributed by atoms with Gasteiger partial charge in [-0.2, -0.15) is 0 Å². The van der Waals surface area contributed by atoms with Gasteiger partial charge in [-0.3, -0.25) is 14.7 Å². The minimum Gasteiger partial charge on any atom is -0.490 e. The number of benzene rings is 2. The predicted octanol–water partition coefficient (Wildman–Crippen LogP) is 7.05. The average Bonchev–Trinajstić information content (AvgIpc) is 3.06. The lowest BCUT2D eigenvalue weighted by Gasteiger charge is -2.14. The number of hydrogen-bond acceptors (Lipinski definition) is 5. The maximum Gasteiger partial charge on any atom is 0.266 e. The molecule has 5 nitrogen and oxygen atoms in total. The number of rotatable bonds is 8. The fraction of sp³-hybridized carbons (Fsp3) is 0.304. The summed E-state index contributed by atoms with van der Waals surface area (Å²) in [5, 5.41) is 1.71. The number of halogens is 3. The van der Waals surface area contributed by atoms with E-state index in [1.807, 2.05) is 45.0 Å². The van der Waals surface area contributed by atoms with Crippen LogP contribution < -0.4 is 9.47 Å². The van der Waals surface area contributed by atoms with Crippen LogP contribution in [0.4, 0.5) is 0 Å². The summed E-state index contributed by atoms with van der Waals surface area (Å²) in [5.41, 5.74) is 1.71. The van der Waals surface area contributed by atoms with Crippen molar-refractivity contribution in [3.63, 3.8) is 0 Å². The summed E-state index contributed by atoms with van der Waals surface area (Å²) in [4.78, 5) is 19.5. The Balaban J connectivity index is 1.88. The minimum absolute atomic E-state index is 0.0468. The van der Waals surface area contributed by atoms with Gasteiger partial charge in [0.05, 0.1) is 21.6 Å². The minimum atomic E-state index is -0.0468. The van der Waals surface area contributed by atoms with Crippen molar-refractivity contribution in [2.75, 3.05) is 19.7 Å². The second kappa shape index (κ2) is 11.5. The fourth-order valence-corrected chi connectivity index (χ4v) is 4.87. The summed E-state index contributed by atoms with van der Waals surface area (Å²) in [7, 11) is 0. The van der Waals surface area contributed by atoms with E-state index in [9.17, 15) is 4.79 Å². The molecule has 0 aromatic heterocycles. The number of carbonyl (C=O) groups is 1. The summed E-state index contributed by atoms with van der Waals surface area (Å²) in [5.74, 6) is 1.13. The SMILES string of the molecule is CCN=C1S/C(=C/c2cc(OCC)c(OCc3ccc(Cl)c(Cl)c3)cc2Br)C(=O)N1CC. The molecular formula is C23H23BrCl2N2O3S. The number of aliphatic imine (C=N–C) groups is 1. The van der Waals surface area contributed by atoms with Crippen LogP contribution in [0, 0.1) is 0 Å². The van der Waals surface area contributed by atoms with Crippen molar-refractivity contribution in [3.05, 3.63) is 60.9 Å². The van der Waals surface area contributed by atoms with Gasteiger partial charge in [-0.05, 0) is 74.0 Å². The maximum absolute atomic E-state index is 12.8. The second-order valence-electron chi connectivity index (χ2n) is 6.71. The number of likely N-dealkylation sites (N-methyl/N-ethyl adjacent to an activating group) is 1. The van der Waals surface area contributed by atoms with Crippen LogP contribution in [0.25, 0.3) is 6.08 Å². The van der Waals surface area contributed by atoms with Crippen LogP contribution in [0.15, 0.2) is 44.7 Å². The number of thioether (sulfide) groups is 1. The number of hydrogen-bond donors (Lipinski definition) is 0. The van der Waals surface area contributed by atoms with E-state index >= 15 is 0 Å². The van der Waals surface area contributed by atoms with Crippen LogP contribution in [0.5, 0.6) is 11.5 Å². The number of nitrogens with zero attached hydrogens (tertiary/aromatic N) is 2. The molecule has 0 saturated carbocycles. The molecule has 1 aliphatic heterocycles. The van der Waals surface area contributed by atoms with Gasteiger partial charge >= 0.3 is 0 Å². The first kappa shape index (κ1) is 25.0. The molecule has 1 fully saturated rings. The van der Waals surface area contributed by atoms with Crippen molar-refractivity contribution < 1.29 is 14.3 Å². The lowest BCUT2D eigenvalue weighted by Crippen LogP contribution is -2.28. The molecule has 0 spiro atoms. The van der Waals surface area contributed by atoms with Crippen molar-refractivity contribution in [3.8, 4) is 11.5 Å². The Hall–Kier alpha value is -1.67. The molecule has 0 bridgehead atoms. The van der Waals surface area contributed by atoms with Crippen LogP contribution in [-0.4, -0.2) is 35.7 Å². The fourth-order valence-electron chi connectivity index (χ4n) is 3.01. The standard InChI is InChI=1S/C23H23BrCl2N2O3S/c1-4-27-23-28(5-2)22(29)21(32-23)11-15-10-19(30-6-3)20(12-16(15)24)31-13-14-7-8-17(25)18(26)9-14/h7-12H,4-6,13H2,1-3H3/b21-11+,27-23?. The molecule has 1 heterocycles. The Morgan fingerprint density at radius 2 is 1.84 bits per heavy atom. The number of carbonyl (C=O) groups excluding carboxylic acids is 1. The second-order valence-corrected chi connectivity index (χ2v) is 9.39. The molecule has 2 aromatic carbocycles. The van der Waals surface area contributed by atoms with Crippen LogP contribution >= 0.6 is 50.9 Å². The van der Waals surface area contributed by atoms with Crippen molar-refractivity contribution in [1.29, 1.82) is 0 Å². The first-order valence-corrected chi connectivity index (χ1v) is 12.5. The molecule has 0 atom stereocenters. The summed E-state index contributed by atoms with van der Waals surface area (Å²) in [6.45, 7) is 7.79. The summed E-state index contributed by atoms with van der Waals surface area (Å²) in [6, 6.07) is 9.08. The maximum atomic E-state index is 12.8. The quantitative estimate of drug-likeness (QED) is 0.326. The zero-order valence-corrected chi connectivity index (χ0v) is 21.9. The van der Waals surface area contributed by atoms with Gasteiger partial charge in [-0.25, -0.2) is 0 Å². The Labute approximate surface area is 210 Å². The van der Waals surface area contributed by atoms with Crippen molar-refractivity contribution >= 4 is 68.0 Å². The van der Waals surface area contributed by atoms with E-state index in [4.69, 9.17) is 32.7 Å². The topological polar surface area (TPSA) is 51.1 Å². The molecule has 1 aliphatic rings. The van der Waals surface area contributed by atoms with Gasteiger partial charge in [0.25, 0.3) is 5.91 Å². The third-order valence-corrected chi connectivity index (χ3v) is 7.00. The van der Waals surface area contributed by atoms with Crippen molar-refractivity contribution in [1.82, 2.24) is 4.90 Å². The van der Waals surface area contributed by atoms with Crippen molar-refractivity contribution in [2.24, 2.45) is 4.99 Å². The monoisotopic (exact) mass is 556 g/mol. The molecule has 2 aromatic rings. The summed E-state index contributed by atoms with van der Waals surface area (Å²) < 4.78 is 12.6. The molecule has 170 valence electrons. The van der Waals surface area contributed by atoms with E-state index in [0.717, 1.165) is 20.8 Å². The van der Waals surface area contributed by atoms with Gasteiger partial charge in [0.1, 0.15) is 6.61 Å². The Morgan fingerprint density at radius 1 is 1.09 bits per heavy atom. The van der Waals surface area contributed by atoms with Crippen LogP contribution in [0.1, 0.15) is 31.9 Å². The Kier molecular flexibility index (Phi) is 8.94. The van der Waals surface area contributed by atoms with Gasteiger partial charge in [-0.1, -0.05) is 45.2 Å². The van der Waals surface area contributed by atoms with Gasteiger partial charge in [0.2, 0.25) is 0 Å². The Morgan fingerprint density at radius 3 is 2.50 bits per heavy atom. The Bertz CT molecular complexity index is 1080. The predicted molar refractivity (Wildman–Crippen MR) is 137 cm³/mol. The summed E-state index contributed by atoms with van der Waals surface area (Å²) >= 11 is 17.1. The zero-order valence-electron chi connectivity index (χ0n) is 18.0. The van der Waals surface area contributed by atoms with Gasteiger partial charge < -0.3 is 9.47 Å². The summed E-state index contributed by atoms with van der Waals surface area (Å²) in [6.07, 6.45) is 1.85. The third-order valence-electron chi connectivity index (χ3n) is 4.53. The van der Waals surface area contributed by atoms with E-state index in [2.05, 4.69) is 20.9 Å². The smallest absolute Gasteiger partial charge is 0.266 e. The molecule has 0 radical (unpaired) electrons. The third kappa shape index (κ3) is 5.81. The molecule has 32 heavy (non-hydrogen) atoms. The number of ether oxygens (including phenoxy) is 2. The van der Waals surface area contributed by atoms with Crippen LogP contribution in [0.3, 0.4) is 0 Å². The lowest BCUT2D eigenvalue weighted by atomic mass is 10.1. The molecular weight excluding hydrogens is 535 g/mol. The van der Waals surface area contributed by atoms with Crippen LogP contribution in [-0.2, 0) is 11.4 Å². The molecule has 0 N–H and O–H groups in total.